The van der Waals surface area contributed by atoms with E-state index in [2.05, 4.69) is 36.8 Å². The molecule has 2 aromatic rings. The fraction of sp³-hybridized carbons (Fsp3) is 0.357. The average Bonchev–Trinajstić information content (AvgIpc) is 3.18. The number of hydrogen-bond acceptors (Lipinski definition) is 6. The van der Waals surface area contributed by atoms with Crippen molar-refractivity contribution in [3.63, 3.8) is 0 Å². The number of nitrogens with one attached hydrogen (secondary N) is 2. The first-order chi connectivity index (χ1) is 10.6. The molecule has 0 unspecified atom stereocenters. The molecule has 0 radical (unpaired) electrons. The topological polar surface area (TPSA) is 66.9 Å². The molecule has 0 atom stereocenters. The van der Waals surface area contributed by atoms with Gasteiger partial charge in [-0.1, -0.05) is 45.1 Å². The van der Waals surface area contributed by atoms with Gasteiger partial charge in [-0.15, -0.1) is 10.2 Å². The summed E-state index contributed by atoms with van der Waals surface area (Å²) in [6.07, 6.45) is 2.41. The maximum atomic E-state index is 12.0. The second kappa shape index (κ2) is 6.97. The standard InChI is InChI=1S/C14H15BrN4OS2/c1-8-2-3-10(6-11(8)15)16-12(20)7-21-14-19-18-13(22-14)17-9-4-5-9/h2-3,6,9H,4-5,7H2,1H3,(H,16,20)(H,17,18). The number of carbonyl (C=O) groups is 1. The highest BCUT2D eigenvalue weighted by Crippen LogP contribution is 2.30. The number of thioether (sulfide) groups is 1. The summed E-state index contributed by atoms with van der Waals surface area (Å²) in [5.41, 5.74) is 1.92. The van der Waals surface area contributed by atoms with E-state index in [1.54, 1.807) is 0 Å². The molecule has 116 valence electrons. The quantitative estimate of drug-likeness (QED) is 0.721. The third-order valence-corrected chi connectivity index (χ3v) is 5.94. The lowest BCUT2D eigenvalue weighted by Gasteiger charge is -2.06. The normalized spacial score (nSPS) is 13.9. The van der Waals surface area contributed by atoms with E-state index < -0.39 is 0 Å². The van der Waals surface area contributed by atoms with E-state index in [9.17, 15) is 4.79 Å². The van der Waals surface area contributed by atoms with E-state index in [1.807, 2.05) is 25.1 Å². The molecule has 8 heteroatoms. The number of benzene rings is 1. The summed E-state index contributed by atoms with van der Waals surface area (Å²) < 4.78 is 1.79. The zero-order valence-corrected chi connectivity index (χ0v) is 15.1. The summed E-state index contributed by atoms with van der Waals surface area (Å²) in [4.78, 5) is 12.0. The van der Waals surface area contributed by atoms with Crippen molar-refractivity contribution in [2.24, 2.45) is 0 Å². The summed E-state index contributed by atoms with van der Waals surface area (Å²) in [6, 6.07) is 6.33. The van der Waals surface area contributed by atoms with Crippen LogP contribution in [0.3, 0.4) is 0 Å². The lowest BCUT2D eigenvalue weighted by atomic mass is 10.2. The van der Waals surface area contributed by atoms with Gasteiger partial charge >= 0.3 is 0 Å². The van der Waals surface area contributed by atoms with Crippen LogP contribution in [0.25, 0.3) is 0 Å². The number of rotatable bonds is 6. The molecule has 1 aliphatic rings. The van der Waals surface area contributed by atoms with Gasteiger partial charge in [0.05, 0.1) is 5.75 Å². The van der Waals surface area contributed by atoms with Crippen LogP contribution in [0, 0.1) is 6.92 Å². The zero-order valence-electron chi connectivity index (χ0n) is 11.9. The average molecular weight is 399 g/mol. The van der Waals surface area contributed by atoms with Gasteiger partial charge in [0, 0.05) is 16.2 Å². The number of amides is 1. The molecular weight excluding hydrogens is 384 g/mol. The molecule has 1 heterocycles. The van der Waals surface area contributed by atoms with Crippen LogP contribution in [-0.2, 0) is 4.79 Å². The Hall–Kier alpha value is -1.12. The van der Waals surface area contributed by atoms with Crippen LogP contribution < -0.4 is 10.6 Å². The van der Waals surface area contributed by atoms with Gasteiger partial charge in [0.2, 0.25) is 11.0 Å². The number of carbonyl (C=O) groups excluding carboxylic acids is 1. The number of aromatic nitrogens is 2. The van der Waals surface area contributed by atoms with Crippen molar-refractivity contribution in [2.45, 2.75) is 30.1 Å². The summed E-state index contributed by atoms with van der Waals surface area (Å²) >= 11 is 6.36. The molecule has 22 heavy (non-hydrogen) atoms. The number of aryl methyl sites for hydroxylation is 1. The highest BCUT2D eigenvalue weighted by molar-refractivity contribution is 9.10. The van der Waals surface area contributed by atoms with E-state index >= 15 is 0 Å². The van der Waals surface area contributed by atoms with Crippen LogP contribution in [0.2, 0.25) is 0 Å². The van der Waals surface area contributed by atoms with E-state index in [0.29, 0.717) is 11.8 Å². The molecule has 3 rings (SSSR count). The molecule has 5 nitrogen and oxygen atoms in total. The number of anilines is 2. The minimum absolute atomic E-state index is 0.0485. The van der Waals surface area contributed by atoms with E-state index in [0.717, 1.165) is 25.2 Å². The first kappa shape index (κ1) is 15.8. The van der Waals surface area contributed by atoms with E-state index in [-0.39, 0.29) is 5.91 Å². The first-order valence-electron chi connectivity index (χ1n) is 6.89. The Morgan fingerprint density at radius 3 is 3.00 bits per heavy atom. The molecule has 1 amide bonds. The molecule has 0 bridgehead atoms. The highest BCUT2D eigenvalue weighted by atomic mass is 79.9. The van der Waals surface area contributed by atoms with Gasteiger partial charge in [-0.3, -0.25) is 4.79 Å². The molecule has 1 aromatic heterocycles. The van der Waals surface area contributed by atoms with Crippen LogP contribution in [0.15, 0.2) is 27.0 Å². The molecular formula is C14H15BrN4OS2. The molecule has 1 aromatic carbocycles. The summed E-state index contributed by atoms with van der Waals surface area (Å²) in [5.74, 6) is 0.275. The highest BCUT2D eigenvalue weighted by Gasteiger charge is 2.22. The van der Waals surface area contributed by atoms with Gasteiger partial charge < -0.3 is 10.6 Å². The third-order valence-electron chi connectivity index (χ3n) is 3.09. The predicted octanol–water partition coefficient (Wildman–Crippen LogP) is 3.91. The SMILES string of the molecule is Cc1ccc(NC(=O)CSc2nnc(NC3CC3)s2)cc1Br. The summed E-state index contributed by atoms with van der Waals surface area (Å²) in [7, 11) is 0. The Bertz CT molecular complexity index is 687. The Labute approximate surface area is 145 Å². The second-order valence-corrected chi connectivity index (χ2v) is 8.15. The molecule has 1 saturated carbocycles. The Morgan fingerprint density at radius 2 is 2.27 bits per heavy atom. The van der Waals surface area contributed by atoms with E-state index in [1.165, 1.54) is 35.9 Å². The van der Waals surface area contributed by atoms with Crippen molar-refractivity contribution in [3.05, 3.63) is 28.2 Å². The maximum Gasteiger partial charge on any atom is 0.234 e. The minimum Gasteiger partial charge on any atom is -0.357 e. The van der Waals surface area contributed by atoms with Crippen molar-refractivity contribution in [3.8, 4) is 0 Å². The molecule has 2 N–H and O–H groups in total. The zero-order chi connectivity index (χ0) is 15.5. The lowest BCUT2D eigenvalue weighted by Crippen LogP contribution is -2.13. The first-order valence-corrected chi connectivity index (χ1v) is 9.48. The second-order valence-electron chi connectivity index (χ2n) is 5.09. The minimum atomic E-state index is -0.0485. The van der Waals surface area contributed by atoms with Crippen LogP contribution in [0.4, 0.5) is 10.8 Å². The van der Waals surface area contributed by atoms with Gasteiger partial charge in [0.1, 0.15) is 0 Å². The molecule has 0 spiro atoms. The van der Waals surface area contributed by atoms with Crippen molar-refractivity contribution in [1.82, 2.24) is 10.2 Å². The number of halogens is 1. The molecule has 1 aliphatic carbocycles. The number of nitrogens with zero attached hydrogens (tertiary/aromatic N) is 2. The third kappa shape index (κ3) is 4.44. The predicted molar refractivity (Wildman–Crippen MR) is 94.8 cm³/mol. The molecule has 0 aliphatic heterocycles. The smallest absolute Gasteiger partial charge is 0.234 e. The van der Waals surface area contributed by atoms with Gasteiger partial charge in [-0.2, -0.15) is 0 Å². The summed E-state index contributed by atoms with van der Waals surface area (Å²) in [5, 5.41) is 15.2. The summed E-state index contributed by atoms with van der Waals surface area (Å²) in [6.45, 7) is 2.01. The lowest BCUT2D eigenvalue weighted by molar-refractivity contribution is -0.113. The molecule has 1 fully saturated rings. The van der Waals surface area contributed by atoms with Crippen molar-refractivity contribution in [1.29, 1.82) is 0 Å². The number of hydrogen-bond donors (Lipinski definition) is 2. The van der Waals surface area contributed by atoms with Crippen molar-refractivity contribution >= 4 is 55.8 Å². The Kier molecular flexibility index (Phi) is 5.00. The van der Waals surface area contributed by atoms with Crippen molar-refractivity contribution in [2.75, 3.05) is 16.4 Å². The van der Waals surface area contributed by atoms with Crippen LogP contribution >= 0.6 is 39.0 Å². The Morgan fingerprint density at radius 1 is 1.45 bits per heavy atom. The fourth-order valence-corrected chi connectivity index (χ4v) is 3.73. The van der Waals surface area contributed by atoms with Crippen LogP contribution in [0.5, 0.6) is 0 Å². The maximum absolute atomic E-state index is 12.0. The Balaban J connectivity index is 1.48. The van der Waals surface area contributed by atoms with Gasteiger partial charge in [-0.05, 0) is 37.5 Å². The molecule has 0 saturated heterocycles. The van der Waals surface area contributed by atoms with Gasteiger partial charge in [0.15, 0.2) is 4.34 Å². The monoisotopic (exact) mass is 398 g/mol. The fourth-order valence-electron chi connectivity index (χ4n) is 1.72. The van der Waals surface area contributed by atoms with Gasteiger partial charge in [-0.25, -0.2) is 0 Å². The van der Waals surface area contributed by atoms with Crippen LogP contribution in [0.1, 0.15) is 18.4 Å². The van der Waals surface area contributed by atoms with Crippen LogP contribution in [-0.4, -0.2) is 27.9 Å². The van der Waals surface area contributed by atoms with Crippen molar-refractivity contribution < 1.29 is 4.79 Å². The van der Waals surface area contributed by atoms with E-state index in [4.69, 9.17) is 0 Å². The van der Waals surface area contributed by atoms with Gasteiger partial charge in [0.25, 0.3) is 0 Å². The largest absolute Gasteiger partial charge is 0.357 e.